The molecule has 182 valence electrons. The van der Waals surface area contributed by atoms with E-state index < -0.39 is 38.3 Å². The van der Waals surface area contributed by atoms with Crippen LogP contribution in [-0.4, -0.2) is 61.8 Å². The van der Waals surface area contributed by atoms with Gasteiger partial charge in [0.25, 0.3) is 7.82 Å². The van der Waals surface area contributed by atoms with E-state index in [1.54, 1.807) is 0 Å². The molecule has 3 N–H and O–H groups in total. The Bertz CT molecular complexity index is 1070. The van der Waals surface area contributed by atoms with Gasteiger partial charge >= 0.3 is 35.5 Å². The van der Waals surface area contributed by atoms with Crippen molar-refractivity contribution in [2.24, 2.45) is 0 Å². The molecule has 2 saturated heterocycles. The van der Waals surface area contributed by atoms with Crippen molar-refractivity contribution in [2.75, 3.05) is 11.9 Å². The Balaban J connectivity index is 0.00000204. The quantitative estimate of drug-likeness (QED) is 0.230. The molecule has 4 heterocycles. The van der Waals surface area contributed by atoms with Gasteiger partial charge in [0.1, 0.15) is 18.5 Å². The van der Waals surface area contributed by atoms with Crippen LogP contribution in [0.1, 0.15) is 45.8 Å². The number of imidazole rings is 1. The van der Waals surface area contributed by atoms with Gasteiger partial charge in [0.15, 0.2) is 29.3 Å². The van der Waals surface area contributed by atoms with Crippen molar-refractivity contribution in [3.63, 3.8) is 0 Å². The van der Waals surface area contributed by atoms with Crippen LogP contribution < -0.4 is 39.8 Å². The van der Waals surface area contributed by atoms with Gasteiger partial charge in [-0.05, 0) is 12.8 Å². The Kier molecular flexibility index (Phi) is 10.1. The Labute approximate surface area is 216 Å². The molecule has 0 radical (unpaired) electrons. The van der Waals surface area contributed by atoms with Crippen LogP contribution in [-0.2, 0) is 32.7 Å². The van der Waals surface area contributed by atoms with Crippen molar-refractivity contribution < 1.29 is 72.6 Å². The van der Waals surface area contributed by atoms with Crippen molar-refractivity contribution in [3.05, 3.63) is 12.7 Å². The summed E-state index contributed by atoms with van der Waals surface area (Å²) in [6.45, 7) is 3.43. The molecule has 5 atom stereocenters. The zero-order valence-corrected chi connectivity index (χ0v) is 21.9. The van der Waals surface area contributed by atoms with Gasteiger partial charge in [0.2, 0.25) is 5.91 Å². The molecule has 2 aromatic rings. The number of carbonyl (C=O) groups excluding carboxylic acids is 2. The first-order chi connectivity index (χ1) is 15.3. The van der Waals surface area contributed by atoms with Gasteiger partial charge in [-0.1, -0.05) is 13.8 Å². The van der Waals surface area contributed by atoms with Crippen LogP contribution >= 0.6 is 7.82 Å². The first-order valence-corrected chi connectivity index (χ1v) is 11.7. The summed E-state index contributed by atoms with van der Waals surface area (Å²) in [5, 5.41) is 2.70. The third-order valence-corrected chi connectivity index (χ3v) is 5.99. The molecule has 14 nitrogen and oxygen atoms in total. The van der Waals surface area contributed by atoms with Gasteiger partial charge in [-0.3, -0.25) is 18.7 Å². The van der Waals surface area contributed by atoms with Crippen LogP contribution in [0.15, 0.2) is 12.7 Å². The third-order valence-electron chi connectivity index (χ3n) is 5.02. The predicted octanol–water partition coefficient (Wildman–Crippen LogP) is -2.76. The van der Waals surface area contributed by atoms with Crippen molar-refractivity contribution in [1.29, 1.82) is 0 Å². The molecule has 2 fully saturated rings. The van der Waals surface area contributed by atoms with Crippen LogP contribution in [0.2, 0.25) is 0 Å². The number of esters is 1. The molecule has 0 saturated carbocycles. The number of phosphoric acid groups is 1. The number of ether oxygens (including phenoxy) is 2. The second-order valence-electron chi connectivity index (χ2n) is 7.43. The van der Waals surface area contributed by atoms with Gasteiger partial charge in [-0.15, -0.1) is 0 Å². The van der Waals surface area contributed by atoms with Gasteiger partial charge in [0.05, 0.1) is 12.9 Å². The Morgan fingerprint density at radius 1 is 1.26 bits per heavy atom. The number of hydrogen-bond acceptors (Lipinski definition) is 11. The summed E-state index contributed by atoms with van der Waals surface area (Å²) >= 11 is 0. The van der Waals surface area contributed by atoms with Crippen molar-refractivity contribution in [1.82, 2.24) is 19.5 Å². The number of fused-ring (bicyclic) bond motifs is 2. The Hall–Kier alpha value is -1.48. The number of hydrogen-bond donors (Lipinski definition) is 1. The van der Waals surface area contributed by atoms with E-state index in [0.717, 1.165) is 0 Å². The number of anilines is 1. The fraction of sp³-hybridized carbons (Fsp3) is 0.611. The molecule has 2 aliphatic rings. The molecule has 4 rings (SSSR count). The maximum absolute atomic E-state index is 12.2. The molecule has 1 amide bonds. The number of nitrogens with one attached hydrogen (secondary N) is 1. The van der Waals surface area contributed by atoms with Crippen LogP contribution in [0.5, 0.6) is 0 Å². The molecule has 34 heavy (non-hydrogen) atoms. The molecule has 0 spiro atoms. The molecule has 16 heteroatoms. The van der Waals surface area contributed by atoms with Crippen molar-refractivity contribution in [3.8, 4) is 0 Å². The summed E-state index contributed by atoms with van der Waals surface area (Å²) in [5.74, 6) is -0.506. The molecule has 0 aromatic carbocycles. The second-order valence-corrected chi connectivity index (χ2v) is 8.79. The third kappa shape index (κ3) is 6.01. The first-order valence-electron chi connectivity index (χ1n) is 10.3. The number of aromatic nitrogens is 4. The van der Waals surface area contributed by atoms with Crippen LogP contribution in [0.3, 0.4) is 0 Å². The minimum atomic E-state index is -4.55. The summed E-state index contributed by atoms with van der Waals surface area (Å²) in [6.07, 6.45) is 0.404. The first kappa shape index (κ1) is 28.8. The predicted molar refractivity (Wildman–Crippen MR) is 110 cm³/mol. The number of phosphoric ester groups is 1. The van der Waals surface area contributed by atoms with Crippen molar-refractivity contribution >= 4 is 36.7 Å². The van der Waals surface area contributed by atoms with Gasteiger partial charge in [-0.25, -0.2) is 15.0 Å². The van der Waals surface area contributed by atoms with Crippen molar-refractivity contribution in [2.45, 2.75) is 64.1 Å². The molecule has 2 aromatic heterocycles. The average molecular weight is 509 g/mol. The van der Waals surface area contributed by atoms with E-state index in [2.05, 4.69) is 20.3 Å². The largest absolute Gasteiger partial charge is 1.00 e. The zero-order valence-electron chi connectivity index (χ0n) is 19.0. The smallest absolute Gasteiger partial charge is 0.756 e. The van der Waals surface area contributed by atoms with E-state index >= 15 is 0 Å². The molecule has 0 bridgehead atoms. The van der Waals surface area contributed by atoms with Gasteiger partial charge in [-0.2, -0.15) is 0 Å². The SMILES string of the molecule is CCCC(=O)Nc1ncnc2c1ncn2[C@@H]1O[C@H]2COP(=O)([O-])O[C@@H]2[C@@H]1OC(=O)CCC.O.[Na+]. The van der Waals surface area contributed by atoms with Crippen LogP contribution in [0.25, 0.3) is 11.2 Å². The fourth-order valence-electron chi connectivity index (χ4n) is 3.63. The molecule has 1 unspecified atom stereocenters. The van der Waals surface area contributed by atoms with E-state index in [1.165, 1.54) is 17.2 Å². The average Bonchev–Trinajstić information content (AvgIpc) is 3.30. The maximum Gasteiger partial charge on any atom is 1.00 e. The zero-order chi connectivity index (χ0) is 22.9. The standard InChI is InChI=1S/C18H24N5O8P.Na.H2O/c1-3-5-11(24)22-16-13-17(20-8-19-16)23(9-21-13)18-15(30-12(25)6-4-2)14-10(29-18)7-28-32(26,27)31-14;;/h8-10,14-15,18H,3-7H2,1-2H3,(H,26,27)(H,19,20,22,24);;1H2/q;+1;/p-1/t10-,14-,15-,18+;;/m0../s1. The van der Waals surface area contributed by atoms with E-state index in [0.29, 0.717) is 30.4 Å². The van der Waals surface area contributed by atoms with E-state index in [1.807, 2.05) is 13.8 Å². The van der Waals surface area contributed by atoms with E-state index in [4.69, 9.17) is 18.5 Å². The molecule has 0 aliphatic carbocycles. The van der Waals surface area contributed by atoms with Crippen LogP contribution in [0, 0.1) is 0 Å². The number of carbonyl (C=O) groups is 2. The minimum Gasteiger partial charge on any atom is -0.756 e. The summed E-state index contributed by atoms with van der Waals surface area (Å²) < 4.78 is 34.7. The number of rotatable bonds is 7. The van der Waals surface area contributed by atoms with Gasteiger partial charge < -0.3 is 34.2 Å². The normalized spacial score (nSPS) is 27.9. The molecule has 2 aliphatic heterocycles. The summed E-state index contributed by atoms with van der Waals surface area (Å²) in [4.78, 5) is 48.7. The fourth-order valence-corrected chi connectivity index (χ4v) is 4.57. The Morgan fingerprint density at radius 3 is 2.71 bits per heavy atom. The maximum atomic E-state index is 12.2. The van der Waals surface area contributed by atoms with E-state index in [9.17, 15) is 19.0 Å². The summed E-state index contributed by atoms with van der Waals surface area (Å²) in [6, 6.07) is 0. The van der Waals surface area contributed by atoms with Gasteiger partial charge in [0, 0.05) is 12.8 Å². The minimum absolute atomic E-state index is 0. The Morgan fingerprint density at radius 2 is 2.00 bits per heavy atom. The second kappa shape index (κ2) is 12.0. The number of nitrogens with zero attached hydrogens (tertiary/aromatic N) is 4. The summed E-state index contributed by atoms with van der Waals surface area (Å²) in [7, 11) is -4.55. The molecular weight excluding hydrogens is 484 g/mol. The van der Waals surface area contributed by atoms with Crippen LogP contribution in [0.4, 0.5) is 5.82 Å². The summed E-state index contributed by atoms with van der Waals surface area (Å²) in [5.41, 5.74) is 0.610. The molecular formula is C18H25N5NaO9P. The topological polar surface area (TPSA) is 198 Å². The van der Waals surface area contributed by atoms with E-state index in [-0.39, 0.29) is 59.8 Å². The number of amides is 1. The monoisotopic (exact) mass is 509 g/mol.